The lowest BCUT2D eigenvalue weighted by molar-refractivity contribution is -0.155. The minimum Gasteiger partial charge on any atom is -0.481 e. The highest BCUT2D eigenvalue weighted by Gasteiger charge is 2.35. The summed E-state index contributed by atoms with van der Waals surface area (Å²) in [5, 5.41) is 21.1. The highest BCUT2D eigenvalue weighted by Crippen LogP contribution is 2.30. The van der Waals surface area contributed by atoms with E-state index < -0.39 is 29.2 Å². The van der Waals surface area contributed by atoms with Gasteiger partial charge in [0.1, 0.15) is 5.82 Å². The van der Waals surface area contributed by atoms with Crippen molar-refractivity contribution in [3.63, 3.8) is 0 Å². The van der Waals surface area contributed by atoms with Crippen molar-refractivity contribution in [3.05, 3.63) is 23.9 Å². The van der Waals surface area contributed by atoms with Crippen LogP contribution in [0.15, 0.2) is 18.3 Å². The Balaban J connectivity index is 3.04. The molecular weight excluding hydrogens is 312 g/mol. The second-order valence-electron chi connectivity index (χ2n) is 6.73. The van der Waals surface area contributed by atoms with E-state index in [1.807, 2.05) is 6.92 Å². The van der Waals surface area contributed by atoms with Crippen LogP contribution in [0.5, 0.6) is 0 Å². The molecule has 0 saturated carbocycles. The summed E-state index contributed by atoms with van der Waals surface area (Å²) < 4.78 is 0. The van der Waals surface area contributed by atoms with E-state index in [2.05, 4.69) is 10.3 Å². The molecule has 0 aromatic carbocycles. The lowest BCUT2D eigenvalue weighted by Crippen LogP contribution is -2.30. The van der Waals surface area contributed by atoms with Gasteiger partial charge in [0, 0.05) is 17.5 Å². The summed E-state index contributed by atoms with van der Waals surface area (Å²) in [6.45, 7) is 7.19. The van der Waals surface area contributed by atoms with E-state index in [9.17, 15) is 24.6 Å². The van der Waals surface area contributed by atoms with Gasteiger partial charge in [-0.2, -0.15) is 0 Å². The normalized spacial score (nSPS) is 12.7. The fraction of sp³-hybridized carbons (Fsp3) is 0.529. The molecule has 0 aliphatic heterocycles. The number of hydrogen-bond acceptors (Lipinski definition) is 4. The molecular formula is C17H24N2O5. The Kier molecular flexibility index (Phi) is 6.45. The van der Waals surface area contributed by atoms with Crippen LogP contribution in [0.1, 0.15) is 52.0 Å². The Morgan fingerprint density at radius 1 is 1.17 bits per heavy atom. The number of aliphatic carboxylic acids is 2. The molecule has 0 aliphatic rings. The molecule has 1 aromatic rings. The van der Waals surface area contributed by atoms with Gasteiger partial charge in [0.25, 0.3) is 0 Å². The Morgan fingerprint density at radius 2 is 1.75 bits per heavy atom. The SMILES string of the molecule is CCCC(c1ccc(NC(=O)C(C)(C)C)nc1)C(C(=O)O)C(=O)O. The minimum absolute atomic E-state index is 0.193. The van der Waals surface area contributed by atoms with E-state index in [4.69, 9.17) is 0 Å². The maximum Gasteiger partial charge on any atom is 0.318 e. The zero-order valence-electron chi connectivity index (χ0n) is 14.4. The maximum atomic E-state index is 11.9. The van der Waals surface area contributed by atoms with Crippen LogP contribution in [0.25, 0.3) is 0 Å². The molecule has 0 fully saturated rings. The van der Waals surface area contributed by atoms with Crippen molar-refractivity contribution in [1.82, 2.24) is 4.98 Å². The number of nitrogens with zero attached hydrogens (tertiary/aromatic N) is 1. The minimum atomic E-state index is -1.53. The van der Waals surface area contributed by atoms with E-state index >= 15 is 0 Å². The molecule has 1 rings (SSSR count). The van der Waals surface area contributed by atoms with E-state index in [1.54, 1.807) is 32.9 Å². The molecule has 0 radical (unpaired) electrons. The van der Waals surface area contributed by atoms with Crippen molar-refractivity contribution in [1.29, 1.82) is 0 Å². The van der Waals surface area contributed by atoms with Gasteiger partial charge < -0.3 is 15.5 Å². The van der Waals surface area contributed by atoms with Gasteiger partial charge in [0.15, 0.2) is 5.92 Å². The largest absolute Gasteiger partial charge is 0.481 e. The van der Waals surface area contributed by atoms with E-state index in [0.29, 0.717) is 24.2 Å². The Morgan fingerprint density at radius 3 is 2.12 bits per heavy atom. The summed E-state index contributed by atoms with van der Waals surface area (Å²) in [6.07, 6.45) is 2.49. The molecule has 1 amide bonds. The third kappa shape index (κ3) is 5.04. The van der Waals surface area contributed by atoms with Crippen molar-refractivity contribution in [3.8, 4) is 0 Å². The molecule has 1 atom stereocenters. The zero-order chi connectivity index (χ0) is 18.5. The summed E-state index contributed by atoms with van der Waals surface area (Å²) in [7, 11) is 0. The van der Waals surface area contributed by atoms with Crippen LogP contribution in [0.4, 0.5) is 5.82 Å². The Labute approximate surface area is 141 Å². The van der Waals surface area contributed by atoms with Crippen molar-refractivity contribution in [2.75, 3.05) is 5.32 Å². The lowest BCUT2D eigenvalue weighted by atomic mass is 9.83. The summed E-state index contributed by atoms with van der Waals surface area (Å²) in [5.41, 5.74) is -0.0385. The predicted octanol–water partition coefficient (Wildman–Crippen LogP) is 2.74. The molecule has 1 aromatic heterocycles. The standard InChI is InChI=1S/C17H24N2O5/c1-5-6-11(13(14(20)21)15(22)23)10-7-8-12(18-9-10)19-16(24)17(2,3)4/h7-9,11,13H,5-6H2,1-4H3,(H,20,21)(H,22,23)(H,18,19,24). The molecule has 7 heteroatoms. The van der Waals surface area contributed by atoms with Gasteiger partial charge in [-0.25, -0.2) is 4.98 Å². The van der Waals surface area contributed by atoms with Gasteiger partial charge >= 0.3 is 11.9 Å². The summed E-state index contributed by atoms with van der Waals surface area (Å²) in [6, 6.07) is 3.17. The van der Waals surface area contributed by atoms with Crippen molar-refractivity contribution in [2.24, 2.45) is 11.3 Å². The third-order valence-corrected chi connectivity index (χ3v) is 3.67. The maximum absolute atomic E-state index is 11.9. The average Bonchev–Trinajstić information content (AvgIpc) is 2.45. The van der Waals surface area contributed by atoms with Crippen LogP contribution in [-0.4, -0.2) is 33.0 Å². The first kappa shape index (κ1) is 19.6. The number of pyridine rings is 1. The first-order chi connectivity index (χ1) is 11.1. The van der Waals surface area contributed by atoms with Crippen LogP contribution in [0.2, 0.25) is 0 Å². The van der Waals surface area contributed by atoms with Crippen LogP contribution in [0, 0.1) is 11.3 Å². The van der Waals surface area contributed by atoms with E-state index in [-0.39, 0.29) is 5.91 Å². The number of carbonyl (C=O) groups is 3. The topological polar surface area (TPSA) is 117 Å². The molecule has 132 valence electrons. The summed E-state index contributed by atoms with van der Waals surface area (Å²) >= 11 is 0. The molecule has 1 unspecified atom stereocenters. The quantitative estimate of drug-likeness (QED) is 0.659. The van der Waals surface area contributed by atoms with Crippen molar-refractivity contribution >= 4 is 23.7 Å². The second kappa shape index (κ2) is 7.90. The monoisotopic (exact) mass is 336 g/mol. The predicted molar refractivity (Wildman–Crippen MR) is 88.7 cm³/mol. The molecule has 0 aliphatic carbocycles. The molecule has 7 nitrogen and oxygen atoms in total. The number of carbonyl (C=O) groups excluding carboxylic acids is 1. The van der Waals surface area contributed by atoms with Gasteiger partial charge in [-0.1, -0.05) is 40.2 Å². The van der Waals surface area contributed by atoms with E-state index in [0.717, 1.165) is 0 Å². The number of hydrogen-bond donors (Lipinski definition) is 3. The summed E-state index contributed by atoms with van der Waals surface area (Å²) in [5.74, 6) is -4.79. The molecule has 0 bridgehead atoms. The van der Waals surface area contributed by atoms with Gasteiger partial charge in [-0.3, -0.25) is 14.4 Å². The van der Waals surface area contributed by atoms with Crippen LogP contribution >= 0.6 is 0 Å². The second-order valence-corrected chi connectivity index (χ2v) is 6.73. The fourth-order valence-electron chi connectivity index (χ4n) is 2.29. The van der Waals surface area contributed by atoms with Crippen LogP contribution in [-0.2, 0) is 14.4 Å². The fourth-order valence-corrected chi connectivity index (χ4v) is 2.29. The van der Waals surface area contributed by atoms with Gasteiger partial charge in [-0.05, 0) is 18.1 Å². The Bertz CT molecular complexity index is 590. The lowest BCUT2D eigenvalue weighted by Gasteiger charge is -2.21. The number of nitrogens with one attached hydrogen (secondary N) is 1. The van der Waals surface area contributed by atoms with Gasteiger partial charge in [0.05, 0.1) is 0 Å². The number of amides is 1. The number of aromatic nitrogens is 1. The smallest absolute Gasteiger partial charge is 0.318 e. The number of anilines is 1. The average molecular weight is 336 g/mol. The highest BCUT2D eigenvalue weighted by atomic mass is 16.4. The first-order valence-corrected chi connectivity index (χ1v) is 7.81. The van der Waals surface area contributed by atoms with Gasteiger partial charge in [-0.15, -0.1) is 0 Å². The highest BCUT2D eigenvalue weighted by molar-refractivity contribution is 5.94. The molecule has 24 heavy (non-hydrogen) atoms. The molecule has 0 spiro atoms. The van der Waals surface area contributed by atoms with Crippen LogP contribution < -0.4 is 5.32 Å². The third-order valence-electron chi connectivity index (χ3n) is 3.67. The van der Waals surface area contributed by atoms with Gasteiger partial charge in [0.2, 0.25) is 5.91 Å². The van der Waals surface area contributed by atoms with Crippen molar-refractivity contribution in [2.45, 2.75) is 46.5 Å². The molecule has 0 saturated heterocycles. The Hall–Kier alpha value is -2.44. The summed E-state index contributed by atoms with van der Waals surface area (Å²) in [4.78, 5) is 38.6. The number of carboxylic acids is 2. The number of rotatable bonds is 7. The zero-order valence-corrected chi connectivity index (χ0v) is 14.4. The molecule has 3 N–H and O–H groups in total. The first-order valence-electron chi connectivity index (χ1n) is 7.81. The molecule has 1 heterocycles. The van der Waals surface area contributed by atoms with E-state index in [1.165, 1.54) is 6.20 Å². The van der Waals surface area contributed by atoms with Crippen molar-refractivity contribution < 1.29 is 24.6 Å². The number of carboxylic acid groups (broad SMARTS) is 2. The van der Waals surface area contributed by atoms with Crippen LogP contribution in [0.3, 0.4) is 0 Å².